The Kier molecular flexibility index (Phi) is 11.1. The van der Waals surface area contributed by atoms with Crippen LogP contribution in [-0.2, 0) is 32.6 Å². The maximum atomic E-state index is 14.4. The maximum Gasteiger partial charge on any atom is 0.264 e. The van der Waals surface area contributed by atoms with Gasteiger partial charge in [-0.1, -0.05) is 67.1 Å². The van der Waals surface area contributed by atoms with Gasteiger partial charge in [-0.2, -0.15) is 0 Å². The van der Waals surface area contributed by atoms with Crippen LogP contribution in [0.5, 0.6) is 0 Å². The number of carbonyl (C=O) groups is 2. The van der Waals surface area contributed by atoms with E-state index < -0.39 is 46.1 Å². The summed E-state index contributed by atoms with van der Waals surface area (Å²) in [5, 5.41) is 2.97. The number of carbonyl (C=O) groups excluding carboxylic acids is 2. The summed E-state index contributed by atoms with van der Waals surface area (Å²) in [6, 6.07) is 24.5. The highest BCUT2D eigenvalue weighted by molar-refractivity contribution is 7.92. The van der Waals surface area contributed by atoms with Crippen molar-refractivity contribution in [2.75, 3.05) is 10.8 Å². The molecule has 2 amide bonds. The number of aryl methyl sites for hydroxylation is 1. The van der Waals surface area contributed by atoms with E-state index in [9.17, 15) is 26.8 Å². The first-order chi connectivity index (χ1) is 21.5. The fourth-order valence-electron chi connectivity index (χ4n) is 4.76. The van der Waals surface area contributed by atoms with Crippen molar-refractivity contribution in [3.63, 3.8) is 0 Å². The van der Waals surface area contributed by atoms with Crippen molar-refractivity contribution in [2.45, 2.75) is 57.1 Å². The van der Waals surface area contributed by atoms with Crippen molar-refractivity contribution in [2.24, 2.45) is 0 Å². The predicted molar refractivity (Wildman–Crippen MR) is 171 cm³/mol. The lowest BCUT2D eigenvalue weighted by atomic mass is 10.0. The van der Waals surface area contributed by atoms with E-state index in [1.807, 2.05) is 51.1 Å². The van der Waals surface area contributed by atoms with Gasteiger partial charge in [0.1, 0.15) is 24.2 Å². The van der Waals surface area contributed by atoms with E-state index in [1.54, 1.807) is 12.1 Å². The summed E-state index contributed by atoms with van der Waals surface area (Å²) in [5.41, 5.74) is 2.27. The number of amides is 2. The van der Waals surface area contributed by atoms with Crippen molar-refractivity contribution in [3.8, 4) is 0 Å². The zero-order valence-electron chi connectivity index (χ0n) is 25.5. The molecule has 4 aromatic rings. The highest BCUT2D eigenvalue weighted by Gasteiger charge is 2.35. The number of nitrogens with zero attached hydrogens (tertiary/aromatic N) is 2. The van der Waals surface area contributed by atoms with Crippen molar-refractivity contribution >= 4 is 27.5 Å². The Hall–Kier alpha value is -4.57. The molecule has 0 spiro atoms. The highest BCUT2D eigenvalue weighted by Crippen LogP contribution is 2.26. The van der Waals surface area contributed by atoms with Crippen molar-refractivity contribution in [1.29, 1.82) is 0 Å². The van der Waals surface area contributed by atoms with Crippen molar-refractivity contribution in [1.82, 2.24) is 10.2 Å². The smallest absolute Gasteiger partial charge is 0.264 e. The normalized spacial score (nSPS) is 12.6. The Morgan fingerprint density at radius 3 is 1.96 bits per heavy atom. The Labute approximate surface area is 263 Å². The molecule has 1 N–H and O–H groups in total. The van der Waals surface area contributed by atoms with Gasteiger partial charge in [0.2, 0.25) is 11.8 Å². The number of nitrogens with one attached hydrogen (secondary N) is 1. The summed E-state index contributed by atoms with van der Waals surface area (Å²) in [6.07, 6.45) is 0.806. The molecule has 0 aliphatic carbocycles. The van der Waals surface area contributed by atoms with Gasteiger partial charge in [-0.3, -0.25) is 13.9 Å². The Morgan fingerprint density at radius 2 is 1.38 bits per heavy atom. The number of rotatable bonds is 13. The van der Waals surface area contributed by atoms with E-state index in [1.165, 1.54) is 53.4 Å². The molecule has 10 heteroatoms. The van der Waals surface area contributed by atoms with Crippen LogP contribution in [-0.4, -0.2) is 43.8 Å². The zero-order chi connectivity index (χ0) is 32.6. The molecule has 0 saturated heterocycles. The van der Waals surface area contributed by atoms with Crippen LogP contribution in [0.1, 0.15) is 37.0 Å². The lowest BCUT2D eigenvalue weighted by Crippen LogP contribution is -2.54. The molecule has 0 aromatic heterocycles. The Bertz CT molecular complexity index is 1680. The molecule has 0 heterocycles. The minimum atomic E-state index is -4.31. The molecule has 0 aliphatic heterocycles. The van der Waals surface area contributed by atoms with Gasteiger partial charge >= 0.3 is 0 Å². The van der Waals surface area contributed by atoms with E-state index in [2.05, 4.69) is 5.32 Å². The number of anilines is 1. The van der Waals surface area contributed by atoms with Crippen LogP contribution in [0.25, 0.3) is 0 Å². The minimum Gasteiger partial charge on any atom is -0.352 e. The summed E-state index contributed by atoms with van der Waals surface area (Å²) in [7, 11) is -4.31. The molecular formula is C35H37F2N3O4S. The van der Waals surface area contributed by atoms with Crippen LogP contribution in [0, 0.1) is 18.6 Å². The monoisotopic (exact) mass is 633 g/mol. The number of hydrogen-bond donors (Lipinski definition) is 1. The third kappa shape index (κ3) is 8.76. The molecule has 4 aromatic carbocycles. The minimum absolute atomic E-state index is 0.0503. The average Bonchev–Trinajstić information content (AvgIpc) is 3.03. The van der Waals surface area contributed by atoms with Gasteiger partial charge in [-0.25, -0.2) is 17.2 Å². The fraction of sp³-hybridized carbons (Fsp3) is 0.257. The molecule has 0 radical (unpaired) electrons. The van der Waals surface area contributed by atoms with Gasteiger partial charge in [-0.05, 0) is 79.9 Å². The lowest BCUT2D eigenvalue weighted by molar-refractivity contribution is -0.140. The third-order valence-corrected chi connectivity index (χ3v) is 9.33. The molecule has 0 unspecified atom stereocenters. The summed E-state index contributed by atoms with van der Waals surface area (Å²) in [6.45, 7) is 4.84. The largest absolute Gasteiger partial charge is 0.352 e. The molecule has 0 saturated carbocycles. The molecule has 0 aliphatic rings. The second-order valence-corrected chi connectivity index (χ2v) is 12.8. The Morgan fingerprint density at radius 1 is 0.800 bits per heavy atom. The molecular weight excluding hydrogens is 596 g/mol. The molecule has 2 atom stereocenters. The van der Waals surface area contributed by atoms with Crippen molar-refractivity contribution < 1.29 is 26.8 Å². The van der Waals surface area contributed by atoms with Gasteiger partial charge in [0.25, 0.3) is 10.0 Å². The number of sulfonamides is 1. The molecule has 0 fully saturated rings. The quantitative estimate of drug-likeness (QED) is 0.195. The highest BCUT2D eigenvalue weighted by atomic mass is 32.2. The zero-order valence-corrected chi connectivity index (χ0v) is 26.3. The van der Waals surface area contributed by atoms with Gasteiger partial charge in [0.15, 0.2) is 0 Å². The fourth-order valence-corrected chi connectivity index (χ4v) is 6.17. The Balaban J connectivity index is 1.80. The SMILES string of the molecule is CC[C@@H](C)NC(=O)[C@@H](Cc1ccccc1)N(Cc1ccc(F)cc1)C(=O)CN(c1ccc(F)cc1)S(=O)(=O)c1ccc(C)cc1. The standard InChI is InChI=1S/C35H37F2N3O4S/c1-4-26(3)38-35(42)33(22-27-8-6-5-7-9-27)39(23-28-12-14-29(36)15-13-28)34(41)24-40(31-18-16-30(37)17-19-31)45(43,44)32-20-10-25(2)11-21-32/h5-21,26,33H,4,22-24H2,1-3H3,(H,38,42)/t26-,33-/m1/s1. The lowest BCUT2D eigenvalue weighted by Gasteiger charge is -2.34. The second-order valence-electron chi connectivity index (χ2n) is 11.0. The van der Waals surface area contributed by atoms with Crippen LogP contribution in [0.15, 0.2) is 108 Å². The van der Waals surface area contributed by atoms with Crippen LogP contribution >= 0.6 is 0 Å². The third-order valence-electron chi connectivity index (χ3n) is 7.54. The van der Waals surface area contributed by atoms with Gasteiger partial charge in [-0.15, -0.1) is 0 Å². The van der Waals surface area contributed by atoms with E-state index >= 15 is 0 Å². The topological polar surface area (TPSA) is 86.8 Å². The number of hydrogen-bond acceptors (Lipinski definition) is 4. The molecule has 0 bridgehead atoms. The van der Waals surface area contributed by atoms with E-state index in [4.69, 9.17) is 0 Å². The molecule has 236 valence electrons. The van der Waals surface area contributed by atoms with E-state index in [0.29, 0.717) is 12.0 Å². The van der Waals surface area contributed by atoms with Gasteiger partial charge in [0.05, 0.1) is 10.6 Å². The average molecular weight is 634 g/mol. The first kappa shape index (κ1) is 33.3. The molecule has 45 heavy (non-hydrogen) atoms. The van der Waals surface area contributed by atoms with Crippen LogP contribution in [0.4, 0.5) is 14.5 Å². The van der Waals surface area contributed by atoms with Crippen LogP contribution in [0.2, 0.25) is 0 Å². The molecule has 4 rings (SSSR count). The second kappa shape index (κ2) is 14.9. The first-order valence-electron chi connectivity index (χ1n) is 14.7. The summed E-state index contributed by atoms with van der Waals surface area (Å²) in [4.78, 5) is 29.5. The molecule has 7 nitrogen and oxygen atoms in total. The summed E-state index contributed by atoms with van der Waals surface area (Å²) >= 11 is 0. The van der Waals surface area contributed by atoms with Crippen molar-refractivity contribution in [3.05, 3.63) is 131 Å². The predicted octanol–water partition coefficient (Wildman–Crippen LogP) is 6.02. The van der Waals surface area contributed by atoms with E-state index in [0.717, 1.165) is 27.6 Å². The summed E-state index contributed by atoms with van der Waals surface area (Å²) < 4.78 is 56.6. The number of benzene rings is 4. The van der Waals surface area contributed by atoms with Gasteiger partial charge in [0, 0.05) is 19.0 Å². The van der Waals surface area contributed by atoms with Crippen LogP contribution in [0.3, 0.4) is 0 Å². The number of halogens is 2. The first-order valence-corrected chi connectivity index (χ1v) is 16.1. The van der Waals surface area contributed by atoms with Crippen LogP contribution < -0.4 is 9.62 Å². The van der Waals surface area contributed by atoms with Gasteiger partial charge < -0.3 is 10.2 Å². The van der Waals surface area contributed by atoms with E-state index in [-0.39, 0.29) is 29.6 Å². The maximum absolute atomic E-state index is 14.4. The summed E-state index contributed by atoms with van der Waals surface area (Å²) in [5.74, 6) is -2.10.